The molecule has 0 saturated heterocycles. The molecule has 0 radical (unpaired) electrons. The van der Waals surface area contributed by atoms with Gasteiger partial charge in [-0.2, -0.15) is 0 Å². The Morgan fingerprint density at radius 1 is 1.20 bits per heavy atom. The Labute approximate surface area is 116 Å². The highest BCUT2D eigenvalue weighted by molar-refractivity contribution is 5.87. The number of carbonyl (C=O) groups is 2. The normalized spacial score (nSPS) is 10.3. The zero-order valence-corrected chi connectivity index (χ0v) is 11.1. The van der Waals surface area contributed by atoms with Crippen molar-refractivity contribution in [3.8, 4) is 0 Å². The predicted octanol–water partition coefficient (Wildman–Crippen LogP) is 2.50. The van der Waals surface area contributed by atoms with Crippen LogP contribution in [-0.4, -0.2) is 25.2 Å². The third-order valence-corrected chi connectivity index (χ3v) is 2.19. The number of ether oxygens (including phenoxy) is 2. The van der Waals surface area contributed by atoms with Crippen LogP contribution in [0.1, 0.15) is 12.5 Å². The Bertz CT molecular complexity index is 517. The Kier molecular flexibility index (Phi) is 6.16. The van der Waals surface area contributed by atoms with Crippen molar-refractivity contribution >= 4 is 18.0 Å². The summed E-state index contributed by atoms with van der Waals surface area (Å²) in [5, 5.41) is 0. The summed E-state index contributed by atoms with van der Waals surface area (Å²) in [5.41, 5.74) is 0.963. The molecule has 0 aliphatic carbocycles. The summed E-state index contributed by atoms with van der Waals surface area (Å²) in [6.07, 6.45) is 2.72. The third-order valence-electron chi connectivity index (χ3n) is 2.19. The van der Waals surface area contributed by atoms with E-state index in [0.29, 0.717) is 5.56 Å². The van der Waals surface area contributed by atoms with Crippen LogP contribution < -0.4 is 0 Å². The van der Waals surface area contributed by atoms with Crippen LogP contribution in [-0.2, 0) is 19.1 Å². The second-order valence-electron chi connectivity index (χ2n) is 3.97. The van der Waals surface area contributed by atoms with Gasteiger partial charge in [0.25, 0.3) is 0 Å². The van der Waals surface area contributed by atoms with Crippen LogP contribution in [0, 0.1) is 5.82 Å². The second kappa shape index (κ2) is 7.89. The van der Waals surface area contributed by atoms with Gasteiger partial charge in [0.15, 0.2) is 0 Å². The van der Waals surface area contributed by atoms with Crippen LogP contribution in [0.25, 0.3) is 6.08 Å². The number of rotatable bonds is 6. The van der Waals surface area contributed by atoms with Gasteiger partial charge >= 0.3 is 11.9 Å². The van der Waals surface area contributed by atoms with Crippen LogP contribution in [0.4, 0.5) is 4.39 Å². The molecule has 0 amide bonds. The van der Waals surface area contributed by atoms with Gasteiger partial charge in [0.05, 0.1) is 0 Å². The Hall–Kier alpha value is -2.43. The molecule has 0 fully saturated rings. The van der Waals surface area contributed by atoms with Gasteiger partial charge in [0, 0.05) is 11.6 Å². The van der Waals surface area contributed by atoms with E-state index in [2.05, 4.69) is 6.58 Å². The van der Waals surface area contributed by atoms with Crippen LogP contribution in [0.15, 0.2) is 42.5 Å². The van der Waals surface area contributed by atoms with Crippen LogP contribution in [0.5, 0.6) is 0 Å². The first-order valence-electron chi connectivity index (χ1n) is 5.92. The molecule has 5 heteroatoms. The number of esters is 2. The smallest absolute Gasteiger partial charge is 0.333 e. The first-order valence-corrected chi connectivity index (χ1v) is 5.92. The average molecular weight is 278 g/mol. The third kappa shape index (κ3) is 5.95. The van der Waals surface area contributed by atoms with E-state index in [4.69, 9.17) is 9.47 Å². The lowest BCUT2D eigenvalue weighted by molar-refractivity contribution is -0.146. The summed E-state index contributed by atoms with van der Waals surface area (Å²) < 4.78 is 22.2. The summed E-state index contributed by atoms with van der Waals surface area (Å²) in [6.45, 7) is 4.88. The Morgan fingerprint density at radius 2 is 1.80 bits per heavy atom. The first-order chi connectivity index (χ1) is 9.49. The minimum atomic E-state index is -0.569. The molecule has 0 saturated carbocycles. The maximum absolute atomic E-state index is 12.6. The largest absolute Gasteiger partial charge is 0.459 e. The van der Waals surface area contributed by atoms with E-state index < -0.39 is 11.9 Å². The molecule has 0 spiro atoms. The van der Waals surface area contributed by atoms with Gasteiger partial charge < -0.3 is 9.47 Å². The van der Waals surface area contributed by atoms with Crippen molar-refractivity contribution in [1.82, 2.24) is 0 Å². The molecule has 1 aromatic rings. The molecule has 0 bridgehead atoms. The maximum atomic E-state index is 12.6. The Morgan fingerprint density at radius 3 is 2.40 bits per heavy atom. The second-order valence-corrected chi connectivity index (χ2v) is 3.97. The van der Waals surface area contributed by atoms with Crippen molar-refractivity contribution in [3.05, 3.63) is 53.9 Å². The summed E-state index contributed by atoms with van der Waals surface area (Å²) >= 11 is 0. The lowest BCUT2D eigenvalue weighted by atomic mass is 10.2. The zero-order chi connectivity index (χ0) is 15.0. The minimum Gasteiger partial charge on any atom is -0.459 e. The summed E-state index contributed by atoms with van der Waals surface area (Å²) in [7, 11) is 0. The molecule has 0 unspecified atom stereocenters. The number of hydrogen-bond acceptors (Lipinski definition) is 4. The van der Waals surface area contributed by atoms with E-state index >= 15 is 0 Å². The molecule has 106 valence electrons. The molecule has 0 aliphatic heterocycles. The molecular formula is C15H15FO4. The van der Waals surface area contributed by atoms with Gasteiger partial charge in [-0.25, -0.2) is 14.0 Å². The van der Waals surface area contributed by atoms with Gasteiger partial charge in [0.1, 0.15) is 19.0 Å². The topological polar surface area (TPSA) is 52.6 Å². The monoisotopic (exact) mass is 278 g/mol. The SMILES string of the molecule is C=C(C)C(=O)OCCOC(=O)/C=C/c1ccc(F)cc1. The molecule has 1 rings (SSSR count). The highest BCUT2D eigenvalue weighted by Gasteiger charge is 2.03. The van der Waals surface area contributed by atoms with Crippen LogP contribution in [0.3, 0.4) is 0 Å². The number of hydrogen-bond donors (Lipinski definition) is 0. The minimum absolute atomic E-state index is 0.0260. The molecule has 20 heavy (non-hydrogen) atoms. The van der Waals surface area contributed by atoms with E-state index in [-0.39, 0.29) is 24.6 Å². The van der Waals surface area contributed by atoms with Crippen molar-refractivity contribution in [2.45, 2.75) is 6.92 Å². The van der Waals surface area contributed by atoms with E-state index in [9.17, 15) is 14.0 Å². The van der Waals surface area contributed by atoms with Crippen molar-refractivity contribution in [3.63, 3.8) is 0 Å². The highest BCUT2D eigenvalue weighted by atomic mass is 19.1. The lowest BCUT2D eigenvalue weighted by Gasteiger charge is -2.04. The molecule has 1 aromatic carbocycles. The first kappa shape index (κ1) is 15.6. The van der Waals surface area contributed by atoms with Crippen LogP contribution >= 0.6 is 0 Å². The fraction of sp³-hybridized carbons (Fsp3) is 0.200. The van der Waals surface area contributed by atoms with E-state index in [1.165, 1.54) is 43.3 Å². The lowest BCUT2D eigenvalue weighted by Crippen LogP contribution is -2.12. The van der Waals surface area contributed by atoms with Gasteiger partial charge in [0.2, 0.25) is 0 Å². The van der Waals surface area contributed by atoms with Crippen molar-refractivity contribution in [2.24, 2.45) is 0 Å². The summed E-state index contributed by atoms with van der Waals surface area (Å²) in [4.78, 5) is 22.3. The maximum Gasteiger partial charge on any atom is 0.333 e. The van der Waals surface area contributed by atoms with Gasteiger partial charge in [-0.3, -0.25) is 0 Å². The van der Waals surface area contributed by atoms with Crippen molar-refractivity contribution in [2.75, 3.05) is 13.2 Å². The number of benzene rings is 1. The van der Waals surface area contributed by atoms with Gasteiger partial charge in [-0.05, 0) is 30.7 Å². The van der Waals surface area contributed by atoms with E-state index in [1.54, 1.807) is 0 Å². The van der Waals surface area contributed by atoms with E-state index in [0.717, 1.165) is 0 Å². The quantitative estimate of drug-likeness (QED) is 0.456. The molecule has 0 atom stereocenters. The van der Waals surface area contributed by atoms with Crippen LogP contribution in [0.2, 0.25) is 0 Å². The molecule has 0 aromatic heterocycles. The number of carbonyl (C=O) groups excluding carboxylic acids is 2. The molecule has 0 heterocycles. The summed E-state index contributed by atoms with van der Waals surface area (Å²) in [6, 6.07) is 5.66. The zero-order valence-electron chi connectivity index (χ0n) is 11.1. The predicted molar refractivity (Wildman–Crippen MR) is 72.2 cm³/mol. The fourth-order valence-corrected chi connectivity index (χ4v) is 1.19. The summed E-state index contributed by atoms with van der Waals surface area (Å²) in [5.74, 6) is -1.44. The molecular weight excluding hydrogens is 263 g/mol. The average Bonchev–Trinajstić information content (AvgIpc) is 2.42. The molecule has 4 nitrogen and oxygen atoms in total. The van der Waals surface area contributed by atoms with E-state index in [1.807, 2.05) is 0 Å². The Balaban J connectivity index is 2.28. The van der Waals surface area contributed by atoms with Crippen molar-refractivity contribution in [1.29, 1.82) is 0 Å². The van der Waals surface area contributed by atoms with Gasteiger partial charge in [-0.1, -0.05) is 18.7 Å². The fourth-order valence-electron chi connectivity index (χ4n) is 1.19. The van der Waals surface area contributed by atoms with Gasteiger partial charge in [-0.15, -0.1) is 0 Å². The van der Waals surface area contributed by atoms with Crippen molar-refractivity contribution < 1.29 is 23.5 Å². The highest BCUT2D eigenvalue weighted by Crippen LogP contribution is 2.04. The standard InChI is InChI=1S/C15H15FO4/c1-11(2)15(18)20-10-9-19-14(17)8-5-12-3-6-13(16)7-4-12/h3-8H,1,9-10H2,2H3/b8-5+. The molecule has 0 N–H and O–H groups in total. The number of halogens is 1. The molecule has 0 aliphatic rings.